The highest BCUT2D eigenvalue weighted by molar-refractivity contribution is 6.02. The lowest BCUT2D eigenvalue weighted by molar-refractivity contribution is -0.166. The molecule has 1 unspecified atom stereocenters. The first-order valence-electron chi connectivity index (χ1n) is 12.1. The van der Waals surface area contributed by atoms with E-state index in [1.165, 1.54) is 6.07 Å². The fourth-order valence-electron chi connectivity index (χ4n) is 4.93. The van der Waals surface area contributed by atoms with Crippen molar-refractivity contribution in [3.05, 3.63) is 89.5 Å². The topological polar surface area (TPSA) is 102 Å². The predicted molar refractivity (Wildman–Crippen MR) is 131 cm³/mol. The zero-order valence-corrected chi connectivity index (χ0v) is 19.9. The zero-order chi connectivity index (χ0) is 25.2. The Morgan fingerprint density at radius 1 is 0.944 bits per heavy atom. The number of fused-ring (bicyclic) bond motifs is 1. The van der Waals surface area contributed by atoms with Gasteiger partial charge in [-0.2, -0.15) is 0 Å². The number of benzene rings is 3. The Morgan fingerprint density at radius 2 is 1.64 bits per heavy atom. The third kappa shape index (κ3) is 4.93. The standard InChI is InChI=1S/C29H28O7/c1-17(24-12-20(30)13-27(33)36-24)29(19-10-6-3-7-11-19)34-21-14-22(31)28-23(32)16-25(35-26(28)15-21)18-8-4-2-5-9-18/h2-11,14-15,17,20,24-25,29-31H,12-13,16H2,1H3/t17-,20+,24+,25?,29-/m0/s1. The van der Waals surface area contributed by atoms with E-state index in [1.807, 2.05) is 67.6 Å². The van der Waals surface area contributed by atoms with Crippen LogP contribution in [0.1, 0.15) is 59.9 Å². The molecule has 186 valence electrons. The van der Waals surface area contributed by atoms with E-state index in [0.29, 0.717) is 12.2 Å². The number of hydrogen-bond acceptors (Lipinski definition) is 7. The van der Waals surface area contributed by atoms with Crippen LogP contribution in [-0.4, -0.2) is 34.2 Å². The molecule has 0 aliphatic carbocycles. The lowest BCUT2D eigenvalue weighted by atomic mass is 9.87. The van der Waals surface area contributed by atoms with Crippen LogP contribution >= 0.6 is 0 Å². The molecular weight excluding hydrogens is 460 g/mol. The van der Waals surface area contributed by atoms with Crippen molar-refractivity contribution in [2.45, 2.75) is 50.6 Å². The average Bonchev–Trinajstić information content (AvgIpc) is 2.87. The number of rotatable bonds is 6. The Hall–Kier alpha value is -3.84. The summed E-state index contributed by atoms with van der Waals surface area (Å²) in [5.41, 5.74) is 1.86. The summed E-state index contributed by atoms with van der Waals surface area (Å²) in [6.07, 6.45) is -1.92. The maximum absolute atomic E-state index is 12.9. The molecule has 0 saturated carbocycles. The smallest absolute Gasteiger partial charge is 0.308 e. The molecule has 0 amide bonds. The van der Waals surface area contributed by atoms with Crippen LogP contribution in [0, 0.1) is 5.92 Å². The first-order chi connectivity index (χ1) is 17.4. The molecule has 3 aromatic carbocycles. The number of Topliss-reactive ketones (excluding diaryl/α,β-unsaturated/α-hetero) is 1. The van der Waals surface area contributed by atoms with Gasteiger partial charge in [-0.1, -0.05) is 67.6 Å². The minimum Gasteiger partial charge on any atom is -0.507 e. The number of aromatic hydroxyl groups is 1. The number of cyclic esters (lactones) is 1. The van der Waals surface area contributed by atoms with E-state index in [2.05, 4.69) is 0 Å². The van der Waals surface area contributed by atoms with Crippen molar-refractivity contribution in [2.24, 2.45) is 5.92 Å². The van der Waals surface area contributed by atoms with E-state index in [4.69, 9.17) is 14.2 Å². The van der Waals surface area contributed by atoms with Gasteiger partial charge in [0.2, 0.25) is 0 Å². The zero-order valence-electron chi connectivity index (χ0n) is 19.9. The number of hydrogen-bond donors (Lipinski definition) is 2. The largest absolute Gasteiger partial charge is 0.507 e. The van der Waals surface area contributed by atoms with Crippen LogP contribution in [0.3, 0.4) is 0 Å². The molecule has 2 heterocycles. The summed E-state index contributed by atoms with van der Waals surface area (Å²) in [6, 6.07) is 22.0. The number of carbonyl (C=O) groups is 2. The summed E-state index contributed by atoms with van der Waals surface area (Å²) in [7, 11) is 0. The number of aliphatic hydroxyl groups excluding tert-OH is 1. The van der Waals surface area contributed by atoms with Crippen LogP contribution < -0.4 is 9.47 Å². The Balaban J connectivity index is 1.46. The fraction of sp³-hybridized carbons (Fsp3) is 0.310. The van der Waals surface area contributed by atoms with E-state index < -0.39 is 30.4 Å². The van der Waals surface area contributed by atoms with Crippen molar-refractivity contribution in [2.75, 3.05) is 0 Å². The number of esters is 1. The van der Waals surface area contributed by atoms with Crippen LogP contribution in [0.4, 0.5) is 0 Å². The van der Waals surface area contributed by atoms with Gasteiger partial charge in [-0.05, 0) is 11.1 Å². The van der Waals surface area contributed by atoms with Gasteiger partial charge in [0.25, 0.3) is 0 Å². The number of carbonyl (C=O) groups excluding carboxylic acids is 2. The highest BCUT2D eigenvalue weighted by Crippen LogP contribution is 2.43. The molecule has 2 aliphatic heterocycles. The molecule has 0 aromatic heterocycles. The number of ether oxygens (including phenoxy) is 3. The summed E-state index contributed by atoms with van der Waals surface area (Å²) in [4.78, 5) is 24.9. The van der Waals surface area contributed by atoms with Crippen molar-refractivity contribution in [1.82, 2.24) is 0 Å². The molecule has 2 N–H and O–H groups in total. The maximum atomic E-state index is 12.9. The third-order valence-corrected chi connectivity index (χ3v) is 6.79. The number of phenols is 1. The first-order valence-corrected chi connectivity index (χ1v) is 12.1. The van der Waals surface area contributed by atoms with Gasteiger partial charge < -0.3 is 24.4 Å². The highest BCUT2D eigenvalue weighted by atomic mass is 16.6. The lowest BCUT2D eigenvalue weighted by Crippen LogP contribution is -2.39. The monoisotopic (exact) mass is 488 g/mol. The van der Waals surface area contributed by atoms with E-state index in [9.17, 15) is 19.8 Å². The van der Waals surface area contributed by atoms with Gasteiger partial charge in [-0.15, -0.1) is 0 Å². The van der Waals surface area contributed by atoms with Crippen molar-refractivity contribution in [3.8, 4) is 17.2 Å². The molecule has 1 saturated heterocycles. The van der Waals surface area contributed by atoms with Crippen molar-refractivity contribution >= 4 is 11.8 Å². The second-order valence-corrected chi connectivity index (χ2v) is 9.39. The summed E-state index contributed by atoms with van der Waals surface area (Å²) in [5, 5.41) is 20.9. The quantitative estimate of drug-likeness (QED) is 0.475. The predicted octanol–water partition coefficient (Wildman–Crippen LogP) is 4.92. The normalized spacial score (nSPS) is 23.1. The molecule has 1 fully saturated rings. The van der Waals surface area contributed by atoms with Gasteiger partial charge in [0.05, 0.1) is 18.9 Å². The molecular formula is C29H28O7. The summed E-state index contributed by atoms with van der Waals surface area (Å²) >= 11 is 0. The number of phenolic OH excluding ortho intramolecular Hbond substituents is 1. The Kier molecular flexibility index (Phi) is 6.65. The molecule has 0 radical (unpaired) electrons. The molecule has 3 aromatic rings. The van der Waals surface area contributed by atoms with E-state index in [0.717, 1.165) is 11.1 Å². The van der Waals surface area contributed by atoms with Crippen LogP contribution in [0.25, 0.3) is 0 Å². The SMILES string of the molecule is C[C@H]([C@H](Oc1cc(O)c2c(c1)OC(c1ccccc1)CC2=O)c1ccccc1)[C@H]1C[C@@H](O)CC(=O)O1. The highest BCUT2D eigenvalue weighted by Gasteiger charge is 2.37. The molecule has 0 spiro atoms. The summed E-state index contributed by atoms with van der Waals surface area (Å²) in [6.45, 7) is 1.90. The second-order valence-electron chi connectivity index (χ2n) is 9.39. The van der Waals surface area contributed by atoms with Gasteiger partial charge in [0.1, 0.15) is 41.1 Å². The van der Waals surface area contributed by atoms with Crippen molar-refractivity contribution in [3.63, 3.8) is 0 Å². The Labute approximate surface area is 209 Å². The van der Waals surface area contributed by atoms with Crippen LogP contribution in [-0.2, 0) is 9.53 Å². The van der Waals surface area contributed by atoms with E-state index in [-0.39, 0.29) is 41.6 Å². The fourth-order valence-corrected chi connectivity index (χ4v) is 4.93. The van der Waals surface area contributed by atoms with Gasteiger partial charge in [-0.3, -0.25) is 9.59 Å². The lowest BCUT2D eigenvalue weighted by Gasteiger charge is -2.35. The van der Waals surface area contributed by atoms with Crippen molar-refractivity contribution in [1.29, 1.82) is 0 Å². The second kappa shape index (κ2) is 10.0. The molecule has 36 heavy (non-hydrogen) atoms. The first kappa shape index (κ1) is 23.9. The Morgan fingerprint density at radius 3 is 2.33 bits per heavy atom. The molecule has 2 aliphatic rings. The maximum Gasteiger partial charge on any atom is 0.308 e. The molecule has 7 nitrogen and oxygen atoms in total. The van der Waals surface area contributed by atoms with Gasteiger partial charge >= 0.3 is 5.97 Å². The molecule has 7 heteroatoms. The summed E-state index contributed by atoms with van der Waals surface area (Å²) < 4.78 is 18.1. The molecule has 5 rings (SSSR count). The summed E-state index contributed by atoms with van der Waals surface area (Å²) in [5.74, 6) is -0.597. The minimum atomic E-state index is -0.766. The third-order valence-electron chi connectivity index (χ3n) is 6.79. The van der Waals surface area contributed by atoms with Crippen LogP contribution in [0.15, 0.2) is 72.8 Å². The van der Waals surface area contributed by atoms with Crippen molar-refractivity contribution < 1.29 is 34.0 Å². The van der Waals surface area contributed by atoms with Gasteiger partial charge in [-0.25, -0.2) is 0 Å². The van der Waals surface area contributed by atoms with Crippen LogP contribution in [0.5, 0.6) is 17.2 Å². The molecule has 5 atom stereocenters. The van der Waals surface area contributed by atoms with E-state index >= 15 is 0 Å². The van der Waals surface area contributed by atoms with Gasteiger partial charge in [0, 0.05) is 24.5 Å². The average molecular weight is 489 g/mol. The number of aliphatic hydroxyl groups is 1. The van der Waals surface area contributed by atoms with Gasteiger partial charge in [0.15, 0.2) is 5.78 Å². The van der Waals surface area contributed by atoms with E-state index in [1.54, 1.807) is 6.07 Å². The van der Waals surface area contributed by atoms with Crippen LogP contribution in [0.2, 0.25) is 0 Å². The Bertz CT molecular complexity index is 1240. The molecule has 0 bridgehead atoms. The number of ketones is 1. The minimum absolute atomic E-state index is 0.0211.